The highest BCUT2D eigenvalue weighted by atomic mass is 15.2. The van der Waals surface area contributed by atoms with Crippen molar-refractivity contribution in [2.75, 3.05) is 18.0 Å². The summed E-state index contributed by atoms with van der Waals surface area (Å²) < 4.78 is 0. The molecule has 2 nitrogen and oxygen atoms in total. The van der Waals surface area contributed by atoms with Crippen LogP contribution in [0.15, 0.2) is 18.2 Å². The van der Waals surface area contributed by atoms with Crippen molar-refractivity contribution in [1.82, 2.24) is 5.32 Å². The molecule has 1 N–H and O–H groups in total. The minimum Gasteiger partial charge on any atom is -0.366 e. The zero-order valence-corrected chi connectivity index (χ0v) is 11.5. The number of rotatable bonds is 2. The minimum atomic E-state index is 0.581. The second-order valence-corrected chi connectivity index (χ2v) is 5.24. The third-order valence-electron chi connectivity index (χ3n) is 3.97. The standard InChI is InChI=1S/C15H24N2/c1-5-14-9-16-12(3)10-17(14)15-8-6-7-11(2)13(15)4/h6-8,12,14,16H,5,9-10H2,1-4H3. The van der Waals surface area contributed by atoms with E-state index in [0.29, 0.717) is 12.1 Å². The Kier molecular flexibility index (Phi) is 3.72. The van der Waals surface area contributed by atoms with Crippen molar-refractivity contribution in [3.8, 4) is 0 Å². The summed E-state index contributed by atoms with van der Waals surface area (Å²) in [4.78, 5) is 2.59. The van der Waals surface area contributed by atoms with E-state index in [2.05, 4.69) is 56.1 Å². The SMILES string of the molecule is CCC1CNC(C)CN1c1cccc(C)c1C. The maximum Gasteiger partial charge on any atom is 0.0412 e. The van der Waals surface area contributed by atoms with Gasteiger partial charge >= 0.3 is 0 Å². The first-order valence-corrected chi connectivity index (χ1v) is 6.69. The largest absolute Gasteiger partial charge is 0.366 e. The molecule has 0 aliphatic carbocycles. The van der Waals surface area contributed by atoms with Crippen LogP contribution in [0.5, 0.6) is 0 Å². The van der Waals surface area contributed by atoms with E-state index in [-0.39, 0.29) is 0 Å². The van der Waals surface area contributed by atoms with E-state index in [1.165, 1.54) is 23.2 Å². The summed E-state index contributed by atoms with van der Waals surface area (Å²) in [5.41, 5.74) is 4.24. The van der Waals surface area contributed by atoms with Gasteiger partial charge < -0.3 is 10.2 Å². The highest BCUT2D eigenvalue weighted by Gasteiger charge is 2.25. The van der Waals surface area contributed by atoms with Crippen LogP contribution in [0.25, 0.3) is 0 Å². The Balaban J connectivity index is 2.32. The lowest BCUT2D eigenvalue weighted by Crippen LogP contribution is -2.55. The molecule has 1 aliphatic rings. The molecule has 1 aromatic carbocycles. The minimum absolute atomic E-state index is 0.581. The fourth-order valence-corrected chi connectivity index (χ4v) is 2.66. The van der Waals surface area contributed by atoms with Gasteiger partial charge in [-0.15, -0.1) is 0 Å². The van der Waals surface area contributed by atoms with Crippen molar-refractivity contribution < 1.29 is 0 Å². The molecule has 17 heavy (non-hydrogen) atoms. The van der Waals surface area contributed by atoms with Gasteiger partial charge in [-0.3, -0.25) is 0 Å². The van der Waals surface area contributed by atoms with Crippen molar-refractivity contribution in [3.05, 3.63) is 29.3 Å². The monoisotopic (exact) mass is 232 g/mol. The molecule has 2 atom stereocenters. The number of nitrogens with zero attached hydrogens (tertiary/aromatic N) is 1. The number of nitrogens with one attached hydrogen (secondary N) is 1. The van der Waals surface area contributed by atoms with Crippen LogP contribution < -0.4 is 10.2 Å². The Hall–Kier alpha value is -1.02. The quantitative estimate of drug-likeness (QED) is 0.843. The van der Waals surface area contributed by atoms with Crippen LogP contribution in [-0.4, -0.2) is 25.2 Å². The van der Waals surface area contributed by atoms with Crippen molar-refractivity contribution in [2.24, 2.45) is 0 Å². The van der Waals surface area contributed by atoms with E-state index < -0.39 is 0 Å². The topological polar surface area (TPSA) is 15.3 Å². The Bertz CT molecular complexity index is 387. The number of benzene rings is 1. The van der Waals surface area contributed by atoms with Crippen molar-refractivity contribution in [2.45, 2.75) is 46.2 Å². The second kappa shape index (κ2) is 5.09. The summed E-state index contributed by atoms with van der Waals surface area (Å²) in [6, 6.07) is 7.86. The van der Waals surface area contributed by atoms with Crippen molar-refractivity contribution in [1.29, 1.82) is 0 Å². The highest BCUT2D eigenvalue weighted by Crippen LogP contribution is 2.27. The van der Waals surface area contributed by atoms with Gasteiger partial charge in [0.25, 0.3) is 0 Å². The van der Waals surface area contributed by atoms with Gasteiger partial charge in [0.15, 0.2) is 0 Å². The van der Waals surface area contributed by atoms with Gasteiger partial charge in [-0.05, 0) is 44.4 Å². The van der Waals surface area contributed by atoms with Crippen LogP contribution in [0.1, 0.15) is 31.4 Å². The Morgan fingerprint density at radius 3 is 2.82 bits per heavy atom. The van der Waals surface area contributed by atoms with Gasteiger partial charge in [0.2, 0.25) is 0 Å². The number of anilines is 1. The predicted molar refractivity (Wildman–Crippen MR) is 74.8 cm³/mol. The molecule has 2 rings (SSSR count). The fourth-order valence-electron chi connectivity index (χ4n) is 2.66. The average molecular weight is 232 g/mol. The molecule has 94 valence electrons. The maximum absolute atomic E-state index is 3.58. The maximum atomic E-state index is 3.58. The zero-order valence-electron chi connectivity index (χ0n) is 11.5. The summed E-state index contributed by atoms with van der Waals surface area (Å²) in [6.07, 6.45) is 1.20. The van der Waals surface area contributed by atoms with Crippen LogP contribution >= 0.6 is 0 Å². The van der Waals surface area contributed by atoms with E-state index in [1.54, 1.807) is 0 Å². The molecule has 1 saturated heterocycles. The molecular formula is C15H24N2. The molecule has 0 radical (unpaired) electrons. The molecular weight excluding hydrogens is 208 g/mol. The lowest BCUT2D eigenvalue weighted by atomic mass is 10.0. The van der Waals surface area contributed by atoms with E-state index in [9.17, 15) is 0 Å². The Morgan fingerprint density at radius 1 is 1.35 bits per heavy atom. The first-order valence-electron chi connectivity index (χ1n) is 6.69. The van der Waals surface area contributed by atoms with E-state index >= 15 is 0 Å². The predicted octanol–water partition coefficient (Wildman–Crippen LogP) is 2.88. The van der Waals surface area contributed by atoms with Crippen LogP contribution in [0.3, 0.4) is 0 Å². The summed E-state index contributed by atoms with van der Waals surface area (Å²) >= 11 is 0. The summed E-state index contributed by atoms with van der Waals surface area (Å²) in [6.45, 7) is 11.2. The summed E-state index contributed by atoms with van der Waals surface area (Å²) in [5, 5.41) is 3.58. The molecule has 2 unspecified atom stereocenters. The lowest BCUT2D eigenvalue weighted by Gasteiger charge is -2.41. The van der Waals surface area contributed by atoms with Gasteiger partial charge in [-0.1, -0.05) is 19.1 Å². The molecule has 1 aromatic rings. The number of hydrogen-bond acceptors (Lipinski definition) is 2. The molecule has 1 fully saturated rings. The smallest absolute Gasteiger partial charge is 0.0412 e. The van der Waals surface area contributed by atoms with Gasteiger partial charge in [-0.25, -0.2) is 0 Å². The highest BCUT2D eigenvalue weighted by molar-refractivity contribution is 5.57. The molecule has 0 aromatic heterocycles. The van der Waals surface area contributed by atoms with Gasteiger partial charge in [0, 0.05) is 30.9 Å². The third-order valence-corrected chi connectivity index (χ3v) is 3.97. The second-order valence-electron chi connectivity index (χ2n) is 5.24. The van der Waals surface area contributed by atoms with E-state index in [4.69, 9.17) is 0 Å². The summed E-state index contributed by atoms with van der Waals surface area (Å²) in [7, 11) is 0. The van der Waals surface area contributed by atoms with E-state index in [1.807, 2.05) is 0 Å². The molecule has 0 amide bonds. The van der Waals surface area contributed by atoms with Crippen LogP contribution in [-0.2, 0) is 0 Å². The van der Waals surface area contributed by atoms with Crippen LogP contribution in [0, 0.1) is 13.8 Å². The average Bonchev–Trinajstić information content (AvgIpc) is 2.33. The summed E-state index contributed by atoms with van der Waals surface area (Å²) in [5.74, 6) is 0. The number of aryl methyl sites for hydroxylation is 1. The zero-order chi connectivity index (χ0) is 12.4. The molecule has 0 bridgehead atoms. The van der Waals surface area contributed by atoms with Crippen molar-refractivity contribution >= 4 is 5.69 Å². The number of hydrogen-bond donors (Lipinski definition) is 1. The molecule has 2 heteroatoms. The third kappa shape index (κ3) is 2.47. The van der Waals surface area contributed by atoms with Gasteiger partial charge in [0.05, 0.1) is 0 Å². The van der Waals surface area contributed by atoms with Crippen molar-refractivity contribution in [3.63, 3.8) is 0 Å². The lowest BCUT2D eigenvalue weighted by molar-refractivity contribution is 0.402. The van der Waals surface area contributed by atoms with Crippen LogP contribution in [0.4, 0.5) is 5.69 Å². The first-order chi connectivity index (χ1) is 8.13. The van der Waals surface area contributed by atoms with Crippen LogP contribution in [0.2, 0.25) is 0 Å². The normalized spacial score (nSPS) is 25.1. The molecule has 1 aliphatic heterocycles. The Morgan fingerprint density at radius 2 is 2.12 bits per heavy atom. The molecule has 0 spiro atoms. The first kappa shape index (κ1) is 12.4. The van der Waals surface area contributed by atoms with E-state index in [0.717, 1.165) is 13.1 Å². The van der Waals surface area contributed by atoms with Gasteiger partial charge in [-0.2, -0.15) is 0 Å². The fraction of sp³-hybridized carbons (Fsp3) is 0.600. The Labute approximate surface area is 105 Å². The molecule has 0 saturated carbocycles. The van der Waals surface area contributed by atoms with Gasteiger partial charge in [0.1, 0.15) is 0 Å². The molecule has 1 heterocycles. The number of piperazine rings is 1.